The zero-order valence-corrected chi connectivity index (χ0v) is 10.1. The van der Waals surface area contributed by atoms with Crippen LogP contribution < -0.4 is 11.1 Å². The van der Waals surface area contributed by atoms with Crippen LogP contribution >= 0.6 is 0 Å². The van der Waals surface area contributed by atoms with Crippen LogP contribution in [0.3, 0.4) is 0 Å². The Hall–Kier alpha value is -2.05. The Morgan fingerprint density at radius 1 is 1.35 bits per heavy atom. The first-order valence-electron chi connectivity index (χ1n) is 5.13. The topological polar surface area (TPSA) is 103 Å². The molecule has 0 atom stereocenters. The molecule has 7 heteroatoms. The van der Waals surface area contributed by atoms with Gasteiger partial charge in [-0.2, -0.15) is 0 Å². The monoisotopic (exact) mass is 243 g/mol. The van der Waals surface area contributed by atoms with Crippen LogP contribution in [0.25, 0.3) is 0 Å². The highest BCUT2D eigenvalue weighted by atomic mass is 16.6. The summed E-state index contributed by atoms with van der Waals surface area (Å²) < 4.78 is 4.80. The van der Waals surface area contributed by atoms with Crippen molar-refractivity contribution in [1.82, 2.24) is 5.32 Å². The van der Waals surface area contributed by atoms with Gasteiger partial charge in [0.05, 0.1) is 12.3 Å². The quantitative estimate of drug-likeness (QED) is 0.307. The molecule has 0 aromatic carbocycles. The molecule has 96 valence electrons. The van der Waals surface area contributed by atoms with Gasteiger partial charge in [-0.1, -0.05) is 5.16 Å². The minimum absolute atomic E-state index is 0.0825. The van der Waals surface area contributed by atoms with Gasteiger partial charge in [0.15, 0.2) is 0 Å². The van der Waals surface area contributed by atoms with E-state index in [-0.39, 0.29) is 12.2 Å². The summed E-state index contributed by atoms with van der Waals surface area (Å²) in [5, 5.41) is 5.86. The molecule has 0 aromatic rings. The van der Waals surface area contributed by atoms with Gasteiger partial charge in [-0.25, -0.2) is 9.59 Å². The normalized spacial score (nSPS) is 11.9. The molecule has 7 nitrogen and oxygen atoms in total. The van der Waals surface area contributed by atoms with Crippen molar-refractivity contribution in [3.8, 4) is 0 Å². The lowest BCUT2D eigenvalue weighted by molar-refractivity contribution is -0.137. The second kappa shape index (κ2) is 8.14. The molecule has 3 N–H and O–H groups in total. The van der Waals surface area contributed by atoms with Crippen molar-refractivity contribution in [2.24, 2.45) is 10.9 Å². The standard InChI is InChI=1S/C10H17N3O4/c1-4-16-9(14)8(6-12-10(11)15)7(3)13-17-5-2/h6H,4-5H2,1-3H3,(H3,11,12,15). The summed E-state index contributed by atoms with van der Waals surface area (Å²) >= 11 is 0. The van der Waals surface area contributed by atoms with Gasteiger partial charge in [-0.3, -0.25) is 0 Å². The molecule has 17 heavy (non-hydrogen) atoms. The van der Waals surface area contributed by atoms with E-state index < -0.39 is 12.0 Å². The molecule has 0 fully saturated rings. The summed E-state index contributed by atoms with van der Waals surface area (Å²) in [7, 11) is 0. The molecule has 0 rings (SSSR count). The summed E-state index contributed by atoms with van der Waals surface area (Å²) in [6.07, 6.45) is 1.14. The van der Waals surface area contributed by atoms with E-state index in [0.29, 0.717) is 12.3 Å². The number of nitrogens with one attached hydrogen (secondary N) is 1. The molecule has 0 saturated carbocycles. The van der Waals surface area contributed by atoms with Crippen LogP contribution in [0.1, 0.15) is 20.8 Å². The molecule has 0 heterocycles. The van der Waals surface area contributed by atoms with Gasteiger partial charge in [0.25, 0.3) is 0 Å². The summed E-state index contributed by atoms with van der Waals surface area (Å²) in [5.74, 6) is -0.609. The fourth-order valence-corrected chi connectivity index (χ4v) is 0.874. The van der Waals surface area contributed by atoms with Crippen molar-refractivity contribution in [2.45, 2.75) is 20.8 Å². The number of hydrogen-bond donors (Lipinski definition) is 2. The van der Waals surface area contributed by atoms with E-state index in [4.69, 9.17) is 15.3 Å². The van der Waals surface area contributed by atoms with Crippen LogP contribution in [0.2, 0.25) is 0 Å². The second-order valence-electron chi connectivity index (χ2n) is 2.88. The first kappa shape index (κ1) is 14.9. The average molecular weight is 243 g/mol. The Kier molecular flexibility index (Phi) is 7.16. The summed E-state index contributed by atoms with van der Waals surface area (Å²) in [6.45, 7) is 5.57. The predicted octanol–water partition coefficient (Wildman–Crippen LogP) is 0.514. The van der Waals surface area contributed by atoms with Crippen LogP contribution in [0.15, 0.2) is 16.9 Å². The van der Waals surface area contributed by atoms with Crippen molar-refractivity contribution in [1.29, 1.82) is 0 Å². The number of amides is 2. The first-order valence-corrected chi connectivity index (χ1v) is 5.13. The molecule has 0 radical (unpaired) electrons. The fourth-order valence-electron chi connectivity index (χ4n) is 0.874. The zero-order valence-electron chi connectivity index (χ0n) is 10.1. The molecular formula is C10H17N3O4. The molecule has 0 aliphatic rings. The number of primary amides is 1. The van der Waals surface area contributed by atoms with Gasteiger partial charge in [0.1, 0.15) is 12.2 Å². The first-order chi connectivity index (χ1) is 8.02. The smallest absolute Gasteiger partial charge is 0.341 e. The van der Waals surface area contributed by atoms with E-state index in [1.54, 1.807) is 20.8 Å². The van der Waals surface area contributed by atoms with E-state index >= 15 is 0 Å². The SMILES string of the molecule is CCON=C(C)C(=CNC(N)=O)C(=O)OCC. The van der Waals surface area contributed by atoms with Gasteiger partial charge in [0, 0.05) is 6.20 Å². The molecular weight excluding hydrogens is 226 g/mol. The maximum Gasteiger partial charge on any atom is 0.341 e. The molecule has 0 aliphatic carbocycles. The third-order valence-electron chi connectivity index (χ3n) is 1.57. The third-order valence-corrected chi connectivity index (χ3v) is 1.57. The molecule has 0 bridgehead atoms. The molecule has 0 aromatic heterocycles. The zero-order chi connectivity index (χ0) is 13.3. The fraction of sp³-hybridized carbons (Fsp3) is 0.500. The van der Waals surface area contributed by atoms with Gasteiger partial charge < -0.3 is 20.6 Å². The lowest BCUT2D eigenvalue weighted by atomic mass is 10.2. The van der Waals surface area contributed by atoms with Crippen LogP contribution in [0.4, 0.5) is 4.79 Å². The number of esters is 1. The van der Waals surface area contributed by atoms with Gasteiger partial charge in [0.2, 0.25) is 0 Å². The highest BCUT2D eigenvalue weighted by molar-refractivity contribution is 6.18. The Morgan fingerprint density at radius 3 is 2.47 bits per heavy atom. The summed E-state index contributed by atoms with van der Waals surface area (Å²) in [4.78, 5) is 26.9. The number of ether oxygens (including phenoxy) is 1. The number of nitrogens with zero attached hydrogens (tertiary/aromatic N) is 1. The minimum Gasteiger partial charge on any atom is -0.462 e. The van der Waals surface area contributed by atoms with Gasteiger partial charge >= 0.3 is 12.0 Å². The maximum atomic E-state index is 11.5. The Morgan fingerprint density at radius 2 is 2.00 bits per heavy atom. The Labute approximate surface area is 99.6 Å². The molecule has 0 aliphatic heterocycles. The number of carbonyl (C=O) groups excluding carboxylic acids is 2. The van der Waals surface area contributed by atoms with Gasteiger partial charge in [-0.05, 0) is 20.8 Å². The molecule has 0 unspecified atom stereocenters. The molecule has 0 spiro atoms. The number of nitrogens with two attached hydrogens (primary N) is 1. The van der Waals surface area contributed by atoms with E-state index in [1.807, 2.05) is 0 Å². The predicted molar refractivity (Wildman–Crippen MR) is 62.2 cm³/mol. The van der Waals surface area contributed by atoms with Crippen LogP contribution in [-0.4, -0.2) is 30.9 Å². The van der Waals surface area contributed by atoms with E-state index in [0.717, 1.165) is 6.20 Å². The van der Waals surface area contributed by atoms with E-state index in [1.165, 1.54) is 0 Å². The minimum atomic E-state index is -0.781. The van der Waals surface area contributed by atoms with Crippen molar-refractivity contribution < 1.29 is 19.2 Å². The largest absolute Gasteiger partial charge is 0.462 e. The van der Waals surface area contributed by atoms with E-state index in [9.17, 15) is 9.59 Å². The Bertz CT molecular complexity index is 336. The van der Waals surface area contributed by atoms with Crippen molar-refractivity contribution >= 4 is 17.7 Å². The molecule has 2 amide bonds. The number of oxime groups is 1. The Balaban J connectivity index is 4.89. The number of urea groups is 1. The van der Waals surface area contributed by atoms with Crippen LogP contribution in [0, 0.1) is 0 Å². The van der Waals surface area contributed by atoms with Crippen molar-refractivity contribution in [3.05, 3.63) is 11.8 Å². The highest BCUT2D eigenvalue weighted by Gasteiger charge is 2.14. The highest BCUT2D eigenvalue weighted by Crippen LogP contribution is 2.01. The number of rotatable bonds is 6. The lowest BCUT2D eigenvalue weighted by Gasteiger charge is -2.06. The third kappa shape index (κ3) is 6.18. The summed E-state index contributed by atoms with van der Waals surface area (Å²) in [6, 6.07) is -0.781. The maximum absolute atomic E-state index is 11.5. The molecule has 0 saturated heterocycles. The van der Waals surface area contributed by atoms with Crippen LogP contribution in [0.5, 0.6) is 0 Å². The van der Waals surface area contributed by atoms with Gasteiger partial charge in [-0.15, -0.1) is 0 Å². The van der Waals surface area contributed by atoms with Crippen molar-refractivity contribution in [3.63, 3.8) is 0 Å². The lowest BCUT2D eigenvalue weighted by Crippen LogP contribution is -2.27. The summed E-state index contributed by atoms with van der Waals surface area (Å²) in [5.41, 5.74) is 5.27. The van der Waals surface area contributed by atoms with Crippen LogP contribution in [-0.2, 0) is 14.4 Å². The number of hydrogen-bond acceptors (Lipinski definition) is 5. The van der Waals surface area contributed by atoms with Crippen molar-refractivity contribution in [2.75, 3.05) is 13.2 Å². The van der Waals surface area contributed by atoms with E-state index in [2.05, 4.69) is 10.5 Å². The average Bonchev–Trinajstić information content (AvgIpc) is 2.26. The second-order valence-corrected chi connectivity index (χ2v) is 2.88. The number of carbonyl (C=O) groups is 2.